The van der Waals surface area contributed by atoms with E-state index in [0.717, 1.165) is 0 Å². The molecule has 0 fully saturated rings. The minimum atomic E-state index is 0. The van der Waals surface area contributed by atoms with Gasteiger partial charge in [0.2, 0.25) is 0 Å². The minimum Gasteiger partial charge on any atom is -2.00 e. The van der Waals surface area contributed by atoms with Gasteiger partial charge in [0, 0.05) is 18.6 Å². The van der Waals surface area contributed by atoms with Gasteiger partial charge in [-0.3, -0.25) is 0 Å². The Balaban J connectivity index is 0. The second-order valence-electron chi connectivity index (χ2n) is 0. The molecule has 0 amide bonds. The van der Waals surface area contributed by atoms with Crippen LogP contribution < -0.4 is 18.9 Å². The maximum absolute atomic E-state index is 0. The fourth-order valence-electron chi connectivity index (χ4n) is 0. The topological polar surface area (TPSA) is 28.5 Å². The molecule has 0 N–H and O–H groups in total. The molecule has 0 aliphatic heterocycles. The van der Waals surface area contributed by atoms with Crippen molar-refractivity contribution < 1.29 is 78.5 Å². The molecule has 0 atom stereocenters. The van der Waals surface area contributed by atoms with Crippen LogP contribution in [0, 0.1) is 35.6 Å². The average Bonchev–Trinajstić information content (AvgIpc) is 0. The zero-order chi connectivity index (χ0) is 0. The van der Waals surface area contributed by atoms with Crippen LogP contribution in [-0.2, 0) is 24.0 Å². The van der Waals surface area contributed by atoms with Crippen molar-refractivity contribution in [2.24, 2.45) is 0 Å². The van der Waals surface area contributed by atoms with E-state index in [9.17, 15) is 0 Å². The van der Waals surface area contributed by atoms with Crippen molar-refractivity contribution in [2.45, 2.75) is 0 Å². The molecule has 0 aromatic heterocycles. The molecule has 0 aliphatic carbocycles. The first-order valence-corrected chi connectivity index (χ1v) is 0. The van der Waals surface area contributed by atoms with Gasteiger partial charge in [-0.15, -0.1) is 0 Å². The summed E-state index contributed by atoms with van der Waals surface area (Å²) in [6.07, 6.45) is 0. The summed E-state index contributed by atoms with van der Waals surface area (Å²) in [6, 6.07) is 0. The third-order valence-corrected chi connectivity index (χ3v) is 0. The van der Waals surface area contributed by atoms with E-state index in [-0.39, 0.29) is 78.5 Å². The molecule has 0 aliphatic rings. The zero-order valence-corrected chi connectivity index (χ0v) is 7.46. The van der Waals surface area contributed by atoms with Crippen LogP contribution in [0.1, 0.15) is 0 Å². The van der Waals surface area contributed by atoms with Gasteiger partial charge in [0.15, 0.2) is 0 Å². The largest absolute Gasteiger partial charge is 3.00 e. The van der Waals surface area contributed by atoms with E-state index in [1.54, 1.807) is 0 Å². The summed E-state index contributed by atoms with van der Waals surface area (Å²) in [5, 5.41) is 0. The second-order valence-corrected chi connectivity index (χ2v) is 0. The Labute approximate surface area is 77.3 Å². The quantitative estimate of drug-likeness (QED) is 0.381. The van der Waals surface area contributed by atoms with Crippen molar-refractivity contribution in [3.63, 3.8) is 0 Å². The minimum absolute atomic E-state index is 0. The second kappa shape index (κ2) is 18.4. The fraction of sp³-hybridized carbons (Fsp3) is 0. The summed E-state index contributed by atoms with van der Waals surface area (Å²) in [5.41, 5.74) is 0. The molecule has 0 rings (SSSR count). The molecule has 0 heterocycles. The zero-order valence-electron chi connectivity index (χ0n) is 2.43. The van der Waals surface area contributed by atoms with Crippen molar-refractivity contribution in [2.75, 3.05) is 0 Å². The van der Waals surface area contributed by atoms with Crippen LogP contribution in [0.15, 0.2) is 0 Å². The molecule has 1 nitrogen and oxygen atoms in total. The van der Waals surface area contributed by atoms with E-state index in [1.165, 1.54) is 0 Å². The van der Waals surface area contributed by atoms with E-state index in [2.05, 4.69) is 0 Å². The Kier molecular flexibility index (Phi) is 152. The summed E-state index contributed by atoms with van der Waals surface area (Å²) in [5.74, 6) is 0. The average molecular weight is 213 g/mol. The Hall–Kier alpha value is 2.34. The number of hydrogen-bond donors (Lipinski definition) is 0. The molecular weight excluding hydrogens is 213 g/mol. The van der Waals surface area contributed by atoms with Crippen molar-refractivity contribution in [3.8, 4) is 0 Å². The van der Waals surface area contributed by atoms with Gasteiger partial charge in [-0.25, -0.2) is 0 Å². The van der Waals surface area contributed by atoms with Crippen LogP contribution in [0.4, 0.5) is 0 Å². The SMILES string of the molecule is [La+3].[Li+].[O-2].[V]. The first kappa shape index (κ1) is 33.1. The smallest absolute Gasteiger partial charge is 2.00 e. The van der Waals surface area contributed by atoms with Gasteiger partial charge in [-0.05, 0) is 0 Å². The van der Waals surface area contributed by atoms with Gasteiger partial charge in [0.05, 0.1) is 0 Å². The molecule has 4 heavy (non-hydrogen) atoms. The normalized spacial score (nSPS) is 0. The van der Waals surface area contributed by atoms with Gasteiger partial charge in [-0.1, -0.05) is 0 Å². The van der Waals surface area contributed by atoms with Crippen LogP contribution in [-0.4, -0.2) is 0 Å². The van der Waals surface area contributed by atoms with Gasteiger partial charge in [0.25, 0.3) is 0 Å². The monoisotopic (exact) mass is 213 g/mol. The van der Waals surface area contributed by atoms with E-state index < -0.39 is 0 Å². The maximum Gasteiger partial charge on any atom is 3.00 e. The standard InChI is InChI=1S/La.Li.O.V/q+3;+1;-2;. The van der Waals surface area contributed by atoms with Crippen molar-refractivity contribution in [3.05, 3.63) is 0 Å². The van der Waals surface area contributed by atoms with Gasteiger partial charge < -0.3 is 5.48 Å². The summed E-state index contributed by atoms with van der Waals surface area (Å²) >= 11 is 0. The number of hydrogen-bond acceptors (Lipinski definition) is 0. The first-order valence-electron chi connectivity index (χ1n) is 0. The van der Waals surface area contributed by atoms with E-state index in [1.807, 2.05) is 0 Å². The van der Waals surface area contributed by atoms with E-state index in [0.29, 0.717) is 0 Å². The van der Waals surface area contributed by atoms with Crippen molar-refractivity contribution in [1.29, 1.82) is 0 Å². The third kappa shape index (κ3) is 8.84. The number of rotatable bonds is 0. The van der Waals surface area contributed by atoms with E-state index >= 15 is 0 Å². The van der Waals surface area contributed by atoms with Gasteiger partial charge in [0.1, 0.15) is 0 Å². The predicted octanol–water partition coefficient (Wildman–Crippen LogP) is -3.12. The van der Waals surface area contributed by atoms with E-state index in [4.69, 9.17) is 0 Å². The summed E-state index contributed by atoms with van der Waals surface area (Å²) in [7, 11) is 0. The molecule has 0 bridgehead atoms. The van der Waals surface area contributed by atoms with Crippen molar-refractivity contribution in [1.82, 2.24) is 0 Å². The molecule has 0 unspecified atom stereocenters. The van der Waals surface area contributed by atoms with Gasteiger partial charge in [-0.2, -0.15) is 0 Å². The molecule has 0 aromatic rings. The summed E-state index contributed by atoms with van der Waals surface area (Å²) < 4.78 is 0. The predicted molar refractivity (Wildman–Crippen MR) is 0.686 cm³/mol. The first-order chi connectivity index (χ1) is 0. The van der Waals surface area contributed by atoms with Crippen LogP contribution in [0.5, 0.6) is 0 Å². The molecular formula is LaLiOV+2. The fourth-order valence-corrected chi connectivity index (χ4v) is 0. The molecule has 0 aromatic carbocycles. The molecule has 0 spiro atoms. The maximum atomic E-state index is 0. The molecule has 13 valence electrons. The molecule has 0 saturated carbocycles. The van der Waals surface area contributed by atoms with Crippen LogP contribution >= 0.6 is 0 Å². The Morgan fingerprint density at radius 1 is 1.00 bits per heavy atom. The van der Waals surface area contributed by atoms with Crippen molar-refractivity contribution >= 4 is 0 Å². The Morgan fingerprint density at radius 3 is 1.00 bits per heavy atom. The Morgan fingerprint density at radius 2 is 1.00 bits per heavy atom. The van der Waals surface area contributed by atoms with Gasteiger partial charge >= 0.3 is 54.5 Å². The summed E-state index contributed by atoms with van der Waals surface area (Å²) in [4.78, 5) is 0. The van der Waals surface area contributed by atoms with Crippen LogP contribution in [0.25, 0.3) is 0 Å². The molecule has 1 radical (unpaired) electrons. The molecule has 0 saturated heterocycles. The van der Waals surface area contributed by atoms with Crippen LogP contribution in [0.2, 0.25) is 0 Å². The third-order valence-electron chi connectivity index (χ3n) is 0. The Bertz CT molecular complexity index is 8.00. The van der Waals surface area contributed by atoms with Crippen LogP contribution in [0.3, 0.4) is 0 Å². The molecule has 4 heteroatoms. The summed E-state index contributed by atoms with van der Waals surface area (Å²) in [6.45, 7) is 0.